The van der Waals surface area contributed by atoms with E-state index in [0.29, 0.717) is 5.69 Å². The first-order valence-corrected chi connectivity index (χ1v) is 8.17. The lowest BCUT2D eigenvalue weighted by Crippen LogP contribution is -2.45. The number of carbonyl (C=O) groups excluding carboxylic acids is 2. The first kappa shape index (κ1) is 19.2. The zero-order valence-electron chi connectivity index (χ0n) is 14.6. The lowest BCUT2D eigenvalue weighted by molar-refractivity contribution is -0.147. The van der Waals surface area contributed by atoms with Gasteiger partial charge >= 0.3 is 5.97 Å². The average molecular weight is 359 g/mol. The molecule has 1 unspecified atom stereocenters. The number of esters is 1. The van der Waals surface area contributed by atoms with Crippen LogP contribution in [0.25, 0.3) is 0 Å². The van der Waals surface area contributed by atoms with Crippen molar-refractivity contribution < 1.29 is 19.4 Å². The second kappa shape index (κ2) is 8.80. The lowest BCUT2D eigenvalue weighted by Gasteiger charge is -2.18. The molecule has 1 amide bonds. The van der Waals surface area contributed by atoms with E-state index in [2.05, 4.69) is 10.3 Å². The molecule has 2 rings (SSSR count). The van der Waals surface area contributed by atoms with Gasteiger partial charge in [-0.15, -0.1) is 0 Å². The molecule has 2 aromatic rings. The predicted molar refractivity (Wildman–Crippen MR) is 93.6 cm³/mol. The Bertz CT molecular complexity index is 832. The first-order chi connectivity index (χ1) is 12.4. The Balaban J connectivity index is 2.11. The molecule has 2 heterocycles. The number of nitrogens with zero attached hydrogens (tertiary/aromatic N) is 2. The number of aromatic hydroxyl groups is 1. The fourth-order valence-corrected chi connectivity index (χ4v) is 2.39. The third-order valence-electron chi connectivity index (χ3n) is 3.77. The van der Waals surface area contributed by atoms with E-state index in [1.807, 2.05) is 0 Å². The Morgan fingerprint density at radius 1 is 1.35 bits per heavy atom. The fraction of sp³-hybridized carbons (Fsp3) is 0.333. The Labute approximate surface area is 150 Å². The molecule has 2 N–H and O–H groups in total. The van der Waals surface area contributed by atoms with Crippen LogP contribution in [0, 0.1) is 6.92 Å². The van der Waals surface area contributed by atoms with Gasteiger partial charge in [-0.05, 0) is 26.0 Å². The van der Waals surface area contributed by atoms with Crippen LogP contribution >= 0.6 is 0 Å². The monoisotopic (exact) mass is 359 g/mol. The van der Waals surface area contributed by atoms with Gasteiger partial charge in [0.15, 0.2) is 5.75 Å². The molecule has 0 saturated heterocycles. The summed E-state index contributed by atoms with van der Waals surface area (Å²) in [5, 5.41) is 12.3. The van der Waals surface area contributed by atoms with Crippen molar-refractivity contribution in [3.63, 3.8) is 0 Å². The van der Waals surface area contributed by atoms with Crippen LogP contribution in [-0.2, 0) is 27.3 Å². The second-order valence-corrected chi connectivity index (χ2v) is 5.64. The highest BCUT2D eigenvalue weighted by Crippen LogP contribution is 2.09. The third kappa shape index (κ3) is 4.92. The summed E-state index contributed by atoms with van der Waals surface area (Å²) >= 11 is 0. The Morgan fingerprint density at radius 3 is 2.77 bits per heavy atom. The highest BCUT2D eigenvalue weighted by Gasteiger charge is 2.23. The second-order valence-electron chi connectivity index (χ2n) is 5.64. The summed E-state index contributed by atoms with van der Waals surface area (Å²) in [4.78, 5) is 40.0. The summed E-state index contributed by atoms with van der Waals surface area (Å²) in [5.74, 6) is -1.41. The molecule has 8 heteroatoms. The summed E-state index contributed by atoms with van der Waals surface area (Å²) in [5.41, 5.74) is 0.395. The molecule has 8 nitrogen and oxygen atoms in total. The van der Waals surface area contributed by atoms with Crippen molar-refractivity contribution in [3.8, 4) is 5.75 Å². The van der Waals surface area contributed by atoms with Crippen molar-refractivity contribution in [1.82, 2.24) is 14.9 Å². The molecule has 26 heavy (non-hydrogen) atoms. The van der Waals surface area contributed by atoms with Crippen molar-refractivity contribution >= 4 is 11.9 Å². The molecule has 0 aromatic carbocycles. The maximum absolute atomic E-state index is 12.4. The molecule has 138 valence electrons. The normalized spacial score (nSPS) is 11.6. The molecule has 1 atom stereocenters. The van der Waals surface area contributed by atoms with Crippen molar-refractivity contribution in [2.75, 3.05) is 6.61 Å². The number of nitrogens with one attached hydrogen (secondary N) is 1. The number of carbonyl (C=O) groups is 2. The maximum atomic E-state index is 12.4. The highest BCUT2D eigenvalue weighted by atomic mass is 16.5. The Hall–Kier alpha value is -3.16. The molecule has 0 aliphatic rings. The molecule has 0 radical (unpaired) electrons. The standard InChI is InChI=1S/C18H21N3O5/c1-3-26-18(25)14(10-13-6-4-5-8-19-13)20-16(23)11-21-9-7-15(22)17(24)12(21)2/h4-9,14,24H,3,10-11H2,1-2H3,(H,20,23). The van der Waals surface area contributed by atoms with Crippen LogP contribution in [-0.4, -0.2) is 39.2 Å². The zero-order valence-corrected chi connectivity index (χ0v) is 14.6. The van der Waals surface area contributed by atoms with Gasteiger partial charge in [-0.3, -0.25) is 14.6 Å². The average Bonchev–Trinajstić information content (AvgIpc) is 2.63. The third-order valence-corrected chi connectivity index (χ3v) is 3.77. The number of amides is 1. The highest BCUT2D eigenvalue weighted by molar-refractivity contribution is 5.84. The van der Waals surface area contributed by atoms with Gasteiger partial charge in [0.05, 0.1) is 12.3 Å². The van der Waals surface area contributed by atoms with Gasteiger partial charge in [0.25, 0.3) is 0 Å². The van der Waals surface area contributed by atoms with Gasteiger partial charge in [-0.2, -0.15) is 0 Å². The summed E-state index contributed by atoms with van der Waals surface area (Å²) in [6.45, 7) is 3.25. The maximum Gasteiger partial charge on any atom is 0.329 e. The molecular weight excluding hydrogens is 338 g/mol. The largest absolute Gasteiger partial charge is 0.503 e. The molecule has 0 aliphatic heterocycles. The van der Waals surface area contributed by atoms with Crippen LogP contribution in [0.15, 0.2) is 41.5 Å². The molecular formula is C18H21N3O5. The summed E-state index contributed by atoms with van der Waals surface area (Å²) in [6.07, 6.45) is 3.21. The van der Waals surface area contributed by atoms with Gasteiger partial charge < -0.3 is 19.7 Å². The van der Waals surface area contributed by atoms with Gasteiger partial charge in [0.2, 0.25) is 11.3 Å². The van der Waals surface area contributed by atoms with E-state index in [-0.39, 0.29) is 25.3 Å². The quantitative estimate of drug-likeness (QED) is 0.699. The molecule has 2 aromatic heterocycles. The number of rotatable bonds is 7. The number of hydrogen-bond donors (Lipinski definition) is 2. The van der Waals surface area contributed by atoms with E-state index in [1.165, 1.54) is 23.8 Å². The van der Waals surface area contributed by atoms with Crippen LogP contribution in [0.1, 0.15) is 18.3 Å². The van der Waals surface area contributed by atoms with Crippen LogP contribution in [0.2, 0.25) is 0 Å². The van der Waals surface area contributed by atoms with Gasteiger partial charge in [0.1, 0.15) is 12.6 Å². The van der Waals surface area contributed by atoms with Crippen molar-refractivity contribution in [3.05, 3.63) is 58.3 Å². The van der Waals surface area contributed by atoms with Crippen LogP contribution in [0.5, 0.6) is 5.75 Å². The van der Waals surface area contributed by atoms with Crippen molar-refractivity contribution in [2.45, 2.75) is 32.9 Å². The predicted octanol–water partition coefficient (Wildman–Crippen LogP) is 0.548. The van der Waals surface area contributed by atoms with E-state index in [1.54, 1.807) is 31.3 Å². The molecule has 0 saturated carbocycles. The van der Waals surface area contributed by atoms with Crippen molar-refractivity contribution in [1.29, 1.82) is 0 Å². The number of hydrogen-bond acceptors (Lipinski definition) is 6. The minimum Gasteiger partial charge on any atom is -0.503 e. The van der Waals surface area contributed by atoms with Crippen LogP contribution in [0.4, 0.5) is 0 Å². The number of aromatic nitrogens is 2. The van der Waals surface area contributed by atoms with E-state index < -0.39 is 29.1 Å². The van der Waals surface area contributed by atoms with Crippen LogP contribution in [0.3, 0.4) is 0 Å². The Morgan fingerprint density at radius 2 is 2.12 bits per heavy atom. The van der Waals surface area contributed by atoms with Gasteiger partial charge in [-0.25, -0.2) is 4.79 Å². The van der Waals surface area contributed by atoms with E-state index in [9.17, 15) is 19.5 Å². The molecule has 0 bridgehead atoms. The minimum atomic E-state index is -0.884. The van der Waals surface area contributed by atoms with Gasteiger partial charge in [0, 0.05) is 30.6 Å². The number of ether oxygens (including phenoxy) is 1. The molecule has 0 fully saturated rings. The van der Waals surface area contributed by atoms with Crippen LogP contribution < -0.4 is 10.7 Å². The number of pyridine rings is 2. The van der Waals surface area contributed by atoms with E-state index >= 15 is 0 Å². The Kier molecular flexibility index (Phi) is 6.48. The first-order valence-electron chi connectivity index (χ1n) is 8.17. The molecule has 0 aliphatic carbocycles. The smallest absolute Gasteiger partial charge is 0.329 e. The lowest BCUT2D eigenvalue weighted by atomic mass is 10.1. The minimum absolute atomic E-state index is 0.155. The topological polar surface area (TPSA) is 111 Å². The molecule has 0 spiro atoms. The fourth-order valence-electron chi connectivity index (χ4n) is 2.39. The van der Waals surface area contributed by atoms with Gasteiger partial charge in [-0.1, -0.05) is 6.07 Å². The van der Waals surface area contributed by atoms with E-state index in [4.69, 9.17) is 4.74 Å². The van der Waals surface area contributed by atoms with Crippen molar-refractivity contribution in [2.24, 2.45) is 0 Å². The summed E-state index contributed by atoms with van der Waals surface area (Å²) in [6, 6.07) is 5.59. The zero-order chi connectivity index (χ0) is 19.1. The SMILES string of the molecule is CCOC(=O)C(Cc1ccccn1)NC(=O)Cn1ccc(=O)c(O)c1C. The summed E-state index contributed by atoms with van der Waals surface area (Å²) in [7, 11) is 0. The van der Waals surface area contributed by atoms with E-state index in [0.717, 1.165) is 0 Å². The summed E-state index contributed by atoms with van der Waals surface area (Å²) < 4.78 is 6.44.